The minimum Gasteiger partial charge on any atom is -0.507 e. The van der Waals surface area contributed by atoms with Gasteiger partial charge in [0.2, 0.25) is 0 Å². The van der Waals surface area contributed by atoms with E-state index in [0.29, 0.717) is 12.1 Å². The molecule has 0 bridgehead atoms. The summed E-state index contributed by atoms with van der Waals surface area (Å²) in [6.07, 6.45) is 1.67. The van der Waals surface area contributed by atoms with Crippen LogP contribution in [0.5, 0.6) is 5.75 Å². The number of carbonyl (C=O) groups is 1. The molecule has 0 spiro atoms. The zero-order chi connectivity index (χ0) is 15.5. The number of anilines is 1. The predicted molar refractivity (Wildman–Crippen MR) is 87.2 cm³/mol. The van der Waals surface area contributed by atoms with Crippen molar-refractivity contribution in [3.05, 3.63) is 66.4 Å². The van der Waals surface area contributed by atoms with Gasteiger partial charge in [-0.15, -0.1) is 0 Å². The van der Waals surface area contributed by atoms with Gasteiger partial charge >= 0.3 is 0 Å². The van der Waals surface area contributed by atoms with Gasteiger partial charge < -0.3 is 10.0 Å². The van der Waals surface area contributed by atoms with Gasteiger partial charge in [-0.25, -0.2) is 0 Å². The highest BCUT2D eigenvalue weighted by atomic mass is 16.3. The van der Waals surface area contributed by atoms with Crippen LogP contribution < -0.4 is 4.90 Å². The smallest absolute Gasteiger partial charge is 0.262 e. The number of phenols is 1. The first-order valence-electron chi connectivity index (χ1n) is 7.15. The topological polar surface area (TPSA) is 53.4 Å². The van der Waals surface area contributed by atoms with Gasteiger partial charge in [-0.05, 0) is 37.3 Å². The Morgan fingerprint density at radius 2 is 1.91 bits per heavy atom. The van der Waals surface area contributed by atoms with Crippen LogP contribution in [0, 0.1) is 0 Å². The normalized spacial score (nSPS) is 10.6. The third kappa shape index (κ3) is 2.51. The van der Waals surface area contributed by atoms with Crippen molar-refractivity contribution in [3.8, 4) is 5.75 Å². The lowest BCUT2D eigenvalue weighted by molar-refractivity contribution is 0.0986. The van der Waals surface area contributed by atoms with Gasteiger partial charge in [0.25, 0.3) is 5.91 Å². The number of hydrogen-bond acceptors (Lipinski definition) is 3. The van der Waals surface area contributed by atoms with Crippen molar-refractivity contribution in [2.75, 3.05) is 11.4 Å². The summed E-state index contributed by atoms with van der Waals surface area (Å²) in [7, 11) is 0. The highest BCUT2D eigenvalue weighted by Crippen LogP contribution is 2.26. The van der Waals surface area contributed by atoms with Crippen LogP contribution in [-0.4, -0.2) is 22.5 Å². The standard InChI is InChI=1S/C18H16N2O2/c1-2-20(14-8-4-3-5-9-14)18(22)15-12-16-13(11-17(15)21)7-6-10-19-16/h3-12,21H,2H2,1H3. The summed E-state index contributed by atoms with van der Waals surface area (Å²) in [5.74, 6) is -0.265. The number of hydrogen-bond donors (Lipinski definition) is 1. The second kappa shape index (κ2) is 5.85. The molecule has 0 saturated heterocycles. The minimum absolute atomic E-state index is 0.0279. The molecule has 1 aromatic heterocycles. The van der Waals surface area contributed by atoms with Crippen molar-refractivity contribution >= 4 is 22.5 Å². The van der Waals surface area contributed by atoms with Crippen LogP contribution in [0.15, 0.2) is 60.8 Å². The van der Waals surface area contributed by atoms with Gasteiger partial charge in [0.1, 0.15) is 5.75 Å². The van der Waals surface area contributed by atoms with Crippen molar-refractivity contribution in [2.24, 2.45) is 0 Å². The van der Waals surface area contributed by atoms with Crippen molar-refractivity contribution in [3.63, 3.8) is 0 Å². The molecule has 0 aliphatic carbocycles. The molecule has 0 unspecified atom stereocenters. The molecule has 0 fully saturated rings. The zero-order valence-electron chi connectivity index (χ0n) is 12.2. The fourth-order valence-corrected chi connectivity index (χ4v) is 2.48. The van der Waals surface area contributed by atoms with Gasteiger partial charge in [0.15, 0.2) is 0 Å². The Morgan fingerprint density at radius 1 is 1.14 bits per heavy atom. The highest BCUT2D eigenvalue weighted by molar-refractivity contribution is 6.09. The number of nitrogens with zero attached hydrogens (tertiary/aromatic N) is 2. The molecule has 3 aromatic rings. The summed E-state index contributed by atoms with van der Waals surface area (Å²) in [5.41, 5.74) is 1.75. The average Bonchev–Trinajstić information content (AvgIpc) is 2.55. The van der Waals surface area contributed by atoms with Gasteiger partial charge in [0, 0.05) is 23.8 Å². The molecule has 22 heavy (non-hydrogen) atoms. The number of rotatable bonds is 3. The molecule has 1 N–H and O–H groups in total. The number of aromatic nitrogens is 1. The van der Waals surface area contributed by atoms with E-state index in [4.69, 9.17) is 0 Å². The van der Waals surface area contributed by atoms with Gasteiger partial charge in [-0.3, -0.25) is 9.78 Å². The van der Waals surface area contributed by atoms with E-state index >= 15 is 0 Å². The lowest BCUT2D eigenvalue weighted by Gasteiger charge is -2.21. The Morgan fingerprint density at radius 3 is 2.64 bits per heavy atom. The Labute approximate surface area is 128 Å². The van der Waals surface area contributed by atoms with E-state index in [9.17, 15) is 9.90 Å². The van der Waals surface area contributed by atoms with Gasteiger partial charge in [-0.1, -0.05) is 24.3 Å². The zero-order valence-corrected chi connectivity index (χ0v) is 12.2. The van der Waals surface area contributed by atoms with E-state index in [-0.39, 0.29) is 17.2 Å². The SMILES string of the molecule is CCN(C(=O)c1cc2ncccc2cc1O)c1ccccc1. The summed E-state index contributed by atoms with van der Waals surface area (Å²) in [6.45, 7) is 2.42. The molecule has 3 rings (SSSR count). The first-order chi connectivity index (χ1) is 10.7. The van der Waals surface area contributed by atoms with E-state index < -0.39 is 0 Å². The van der Waals surface area contributed by atoms with Gasteiger partial charge in [-0.2, -0.15) is 0 Å². The van der Waals surface area contributed by atoms with Crippen LogP contribution in [0.2, 0.25) is 0 Å². The van der Waals surface area contributed by atoms with Crippen molar-refractivity contribution in [1.82, 2.24) is 4.98 Å². The molecule has 4 heteroatoms. The van der Waals surface area contributed by atoms with E-state index in [1.807, 2.05) is 43.3 Å². The number of amides is 1. The van der Waals surface area contributed by atoms with Crippen LogP contribution in [-0.2, 0) is 0 Å². The maximum Gasteiger partial charge on any atom is 0.262 e. The number of carbonyl (C=O) groups excluding carboxylic acids is 1. The Balaban J connectivity index is 2.05. The second-order valence-electron chi connectivity index (χ2n) is 4.95. The Bertz CT molecular complexity index is 816. The summed E-state index contributed by atoms with van der Waals surface area (Å²) in [5, 5.41) is 11.0. The van der Waals surface area contributed by atoms with Crippen molar-refractivity contribution < 1.29 is 9.90 Å². The average molecular weight is 292 g/mol. The largest absolute Gasteiger partial charge is 0.507 e. The van der Waals surface area contributed by atoms with E-state index in [1.54, 1.807) is 29.3 Å². The molecule has 110 valence electrons. The van der Waals surface area contributed by atoms with Crippen LogP contribution in [0.1, 0.15) is 17.3 Å². The first-order valence-corrected chi connectivity index (χ1v) is 7.15. The third-order valence-corrected chi connectivity index (χ3v) is 3.58. The molecule has 0 radical (unpaired) electrons. The molecule has 2 aromatic carbocycles. The van der Waals surface area contributed by atoms with E-state index in [1.165, 1.54) is 0 Å². The number of fused-ring (bicyclic) bond motifs is 1. The summed E-state index contributed by atoms with van der Waals surface area (Å²) < 4.78 is 0. The number of aromatic hydroxyl groups is 1. The lowest BCUT2D eigenvalue weighted by atomic mass is 10.1. The number of phenolic OH excluding ortho intramolecular Hbond substituents is 1. The highest BCUT2D eigenvalue weighted by Gasteiger charge is 2.20. The summed E-state index contributed by atoms with van der Waals surface area (Å²) in [6, 6.07) is 16.3. The van der Waals surface area contributed by atoms with Crippen LogP contribution in [0.4, 0.5) is 5.69 Å². The Kier molecular flexibility index (Phi) is 3.74. The summed E-state index contributed by atoms with van der Waals surface area (Å²) in [4.78, 5) is 18.6. The minimum atomic E-state index is -0.237. The number of benzene rings is 2. The Hall–Kier alpha value is -2.88. The third-order valence-electron chi connectivity index (χ3n) is 3.58. The predicted octanol–water partition coefficient (Wildman–Crippen LogP) is 3.61. The number of para-hydroxylation sites is 1. The molecule has 1 heterocycles. The number of pyridine rings is 1. The lowest BCUT2D eigenvalue weighted by Crippen LogP contribution is -2.30. The molecule has 1 amide bonds. The maximum atomic E-state index is 12.8. The van der Waals surface area contributed by atoms with Gasteiger partial charge in [0.05, 0.1) is 11.1 Å². The van der Waals surface area contributed by atoms with Crippen LogP contribution >= 0.6 is 0 Å². The van der Waals surface area contributed by atoms with Crippen LogP contribution in [0.25, 0.3) is 10.9 Å². The first kappa shape index (κ1) is 14.1. The molecule has 0 saturated carbocycles. The molecular formula is C18H16N2O2. The molecule has 0 atom stereocenters. The van der Waals surface area contributed by atoms with Crippen molar-refractivity contribution in [2.45, 2.75) is 6.92 Å². The quantitative estimate of drug-likeness (QED) is 0.802. The molecule has 0 aliphatic heterocycles. The van der Waals surface area contributed by atoms with Crippen molar-refractivity contribution in [1.29, 1.82) is 0 Å². The second-order valence-corrected chi connectivity index (χ2v) is 4.95. The molecule has 4 nitrogen and oxygen atoms in total. The fourth-order valence-electron chi connectivity index (χ4n) is 2.48. The monoisotopic (exact) mass is 292 g/mol. The molecular weight excluding hydrogens is 276 g/mol. The van der Waals surface area contributed by atoms with Crippen LogP contribution in [0.3, 0.4) is 0 Å². The van der Waals surface area contributed by atoms with E-state index in [2.05, 4.69) is 4.98 Å². The van der Waals surface area contributed by atoms with E-state index in [0.717, 1.165) is 11.1 Å². The maximum absolute atomic E-state index is 12.8. The molecule has 0 aliphatic rings. The fraction of sp³-hybridized carbons (Fsp3) is 0.111. The summed E-state index contributed by atoms with van der Waals surface area (Å²) >= 11 is 0.